The number of aryl methyl sites for hydroxylation is 2. The molecular formula is C19H18O. The minimum Gasteiger partial charge on any atom is -0.294 e. The quantitative estimate of drug-likeness (QED) is 0.761. The molecule has 1 unspecified atom stereocenters. The molecule has 1 atom stereocenters. The molecule has 4 rings (SSSR count). The standard InChI is InChI=1S/C19H18O/c20-19(12-17-11-15-4-1-2-7-18(15)17)16-9-8-13-5-3-6-14(13)10-16/h1-2,4,7-10,17H,3,5-6,11-12H2. The van der Waals surface area contributed by atoms with E-state index < -0.39 is 0 Å². The molecule has 0 radical (unpaired) electrons. The van der Waals surface area contributed by atoms with Crippen LogP contribution in [0, 0.1) is 0 Å². The molecule has 0 amide bonds. The molecule has 2 aromatic rings. The van der Waals surface area contributed by atoms with Crippen molar-refractivity contribution in [3.63, 3.8) is 0 Å². The van der Waals surface area contributed by atoms with E-state index in [9.17, 15) is 4.79 Å². The first-order valence-electron chi connectivity index (χ1n) is 7.54. The third-order valence-electron chi connectivity index (χ3n) is 4.81. The highest BCUT2D eigenvalue weighted by molar-refractivity contribution is 5.97. The van der Waals surface area contributed by atoms with Gasteiger partial charge in [-0.1, -0.05) is 36.4 Å². The molecule has 0 spiro atoms. The summed E-state index contributed by atoms with van der Waals surface area (Å²) in [5.41, 5.74) is 6.54. The summed E-state index contributed by atoms with van der Waals surface area (Å²) in [6.45, 7) is 0. The summed E-state index contributed by atoms with van der Waals surface area (Å²) in [6.07, 6.45) is 5.29. The van der Waals surface area contributed by atoms with Crippen LogP contribution in [0.15, 0.2) is 42.5 Å². The van der Waals surface area contributed by atoms with Crippen LogP contribution < -0.4 is 0 Å². The van der Waals surface area contributed by atoms with Crippen LogP contribution in [0.4, 0.5) is 0 Å². The fourth-order valence-corrected chi connectivity index (χ4v) is 3.63. The van der Waals surface area contributed by atoms with Gasteiger partial charge in [-0.15, -0.1) is 0 Å². The summed E-state index contributed by atoms with van der Waals surface area (Å²) < 4.78 is 0. The van der Waals surface area contributed by atoms with E-state index in [2.05, 4.69) is 36.4 Å². The van der Waals surface area contributed by atoms with Crippen LogP contribution in [0.1, 0.15) is 51.4 Å². The largest absolute Gasteiger partial charge is 0.294 e. The van der Waals surface area contributed by atoms with Gasteiger partial charge in [0.2, 0.25) is 0 Å². The monoisotopic (exact) mass is 262 g/mol. The molecule has 2 aliphatic carbocycles. The fraction of sp³-hybridized carbons (Fsp3) is 0.316. The number of hydrogen-bond acceptors (Lipinski definition) is 1. The van der Waals surface area contributed by atoms with Gasteiger partial charge in [0.25, 0.3) is 0 Å². The van der Waals surface area contributed by atoms with Gasteiger partial charge >= 0.3 is 0 Å². The Labute approximate surface area is 119 Å². The lowest BCUT2D eigenvalue weighted by Crippen LogP contribution is -2.20. The van der Waals surface area contributed by atoms with Crippen LogP contribution in [0.3, 0.4) is 0 Å². The van der Waals surface area contributed by atoms with Gasteiger partial charge in [-0.2, -0.15) is 0 Å². The van der Waals surface area contributed by atoms with Gasteiger partial charge in [-0.25, -0.2) is 0 Å². The molecule has 0 fully saturated rings. The van der Waals surface area contributed by atoms with Gasteiger partial charge in [0.05, 0.1) is 0 Å². The lowest BCUT2D eigenvalue weighted by molar-refractivity contribution is 0.0970. The van der Waals surface area contributed by atoms with Gasteiger partial charge in [0.1, 0.15) is 0 Å². The second-order valence-corrected chi connectivity index (χ2v) is 6.06. The average Bonchev–Trinajstić information content (AvgIpc) is 2.92. The van der Waals surface area contributed by atoms with Crippen LogP contribution in [-0.2, 0) is 19.3 Å². The van der Waals surface area contributed by atoms with Crippen molar-refractivity contribution in [1.82, 2.24) is 0 Å². The van der Waals surface area contributed by atoms with E-state index in [1.165, 1.54) is 35.1 Å². The second-order valence-electron chi connectivity index (χ2n) is 6.06. The van der Waals surface area contributed by atoms with Crippen LogP contribution in [0.25, 0.3) is 0 Å². The van der Waals surface area contributed by atoms with E-state index in [1.807, 2.05) is 6.07 Å². The summed E-state index contributed by atoms with van der Waals surface area (Å²) in [5.74, 6) is 0.742. The predicted molar refractivity (Wildman–Crippen MR) is 80.3 cm³/mol. The lowest BCUT2D eigenvalue weighted by atomic mass is 9.74. The van der Waals surface area contributed by atoms with Crippen molar-refractivity contribution in [3.8, 4) is 0 Å². The van der Waals surface area contributed by atoms with E-state index in [4.69, 9.17) is 0 Å². The maximum Gasteiger partial charge on any atom is 0.163 e. The van der Waals surface area contributed by atoms with Gasteiger partial charge in [-0.05, 0) is 59.9 Å². The second kappa shape index (κ2) is 4.59. The maximum atomic E-state index is 12.5. The average molecular weight is 262 g/mol. The fourth-order valence-electron chi connectivity index (χ4n) is 3.63. The number of Topliss-reactive ketones (excluding diaryl/α,β-unsaturated/α-hetero) is 1. The van der Waals surface area contributed by atoms with Crippen LogP contribution >= 0.6 is 0 Å². The number of carbonyl (C=O) groups is 1. The Morgan fingerprint density at radius 1 is 1.00 bits per heavy atom. The Balaban J connectivity index is 1.52. The van der Waals surface area contributed by atoms with Crippen molar-refractivity contribution >= 4 is 5.78 Å². The summed E-state index contributed by atoms with van der Waals surface area (Å²) >= 11 is 0. The topological polar surface area (TPSA) is 17.1 Å². The lowest BCUT2D eigenvalue weighted by Gasteiger charge is -2.29. The minimum absolute atomic E-state index is 0.305. The Kier molecular flexibility index (Phi) is 2.73. The number of ketones is 1. The number of rotatable bonds is 3. The predicted octanol–water partition coefficient (Wildman–Crippen LogP) is 4.09. The van der Waals surface area contributed by atoms with Crippen molar-refractivity contribution < 1.29 is 4.79 Å². The Morgan fingerprint density at radius 3 is 2.75 bits per heavy atom. The van der Waals surface area contributed by atoms with Crippen LogP contribution in [-0.4, -0.2) is 5.78 Å². The first-order valence-corrected chi connectivity index (χ1v) is 7.54. The molecule has 1 nitrogen and oxygen atoms in total. The van der Waals surface area contributed by atoms with E-state index >= 15 is 0 Å². The summed E-state index contributed by atoms with van der Waals surface area (Å²) in [4.78, 5) is 12.5. The van der Waals surface area contributed by atoms with Crippen LogP contribution in [0.2, 0.25) is 0 Å². The first kappa shape index (κ1) is 11.9. The zero-order valence-corrected chi connectivity index (χ0v) is 11.6. The normalized spacial score (nSPS) is 19.1. The smallest absolute Gasteiger partial charge is 0.163 e. The van der Waals surface area contributed by atoms with Gasteiger partial charge in [0.15, 0.2) is 5.78 Å². The van der Waals surface area contributed by atoms with Crippen molar-refractivity contribution in [2.24, 2.45) is 0 Å². The first-order chi connectivity index (χ1) is 9.81. The molecule has 0 bridgehead atoms. The van der Waals surface area contributed by atoms with E-state index in [0.717, 1.165) is 18.4 Å². The molecule has 0 N–H and O–H groups in total. The molecule has 0 aliphatic heterocycles. The Hall–Kier alpha value is -1.89. The Bertz CT molecular complexity index is 684. The molecule has 1 heteroatoms. The molecule has 20 heavy (non-hydrogen) atoms. The molecule has 0 heterocycles. The van der Waals surface area contributed by atoms with Crippen molar-refractivity contribution in [3.05, 3.63) is 70.3 Å². The van der Waals surface area contributed by atoms with E-state index in [0.29, 0.717) is 18.1 Å². The van der Waals surface area contributed by atoms with Crippen molar-refractivity contribution in [2.45, 2.75) is 38.0 Å². The molecular weight excluding hydrogens is 244 g/mol. The molecule has 0 saturated heterocycles. The van der Waals surface area contributed by atoms with Gasteiger partial charge in [0, 0.05) is 12.0 Å². The maximum absolute atomic E-state index is 12.5. The summed E-state index contributed by atoms with van der Waals surface area (Å²) in [5, 5.41) is 0. The van der Waals surface area contributed by atoms with Gasteiger partial charge in [-0.3, -0.25) is 4.79 Å². The minimum atomic E-state index is 0.305. The summed E-state index contributed by atoms with van der Waals surface area (Å²) in [6, 6.07) is 14.8. The number of hydrogen-bond donors (Lipinski definition) is 0. The van der Waals surface area contributed by atoms with Gasteiger partial charge < -0.3 is 0 Å². The molecule has 0 aromatic heterocycles. The SMILES string of the molecule is O=C(CC1Cc2ccccc21)c1ccc2c(c1)CCC2. The van der Waals surface area contributed by atoms with Crippen molar-refractivity contribution in [1.29, 1.82) is 0 Å². The highest BCUT2D eigenvalue weighted by Gasteiger charge is 2.28. The zero-order chi connectivity index (χ0) is 13.5. The van der Waals surface area contributed by atoms with Crippen molar-refractivity contribution in [2.75, 3.05) is 0 Å². The molecule has 100 valence electrons. The third-order valence-corrected chi connectivity index (χ3v) is 4.81. The summed E-state index contributed by atoms with van der Waals surface area (Å²) in [7, 11) is 0. The highest BCUT2D eigenvalue weighted by Crippen LogP contribution is 2.38. The number of benzene rings is 2. The molecule has 2 aliphatic rings. The molecule has 2 aromatic carbocycles. The Morgan fingerprint density at radius 2 is 1.85 bits per heavy atom. The number of carbonyl (C=O) groups excluding carboxylic acids is 1. The zero-order valence-electron chi connectivity index (χ0n) is 11.6. The highest BCUT2D eigenvalue weighted by atomic mass is 16.1. The van der Waals surface area contributed by atoms with E-state index in [-0.39, 0.29) is 0 Å². The number of fused-ring (bicyclic) bond motifs is 2. The molecule has 0 saturated carbocycles. The van der Waals surface area contributed by atoms with Crippen LogP contribution in [0.5, 0.6) is 0 Å². The third kappa shape index (κ3) is 1.89. The van der Waals surface area contributed by atoms with E-state index in [1.54, 1.807) is 0 Å².